The van der Waals surface area contributed by atoms with Gasteiger partial charge in [0.1, 0.15) is 5.75 Å². The first-order valence-corrected chi connectivity index (χ1v) is 7.72. The molecule has 0 saturated heterocycles. The van der Waals surface area contributed by atoms with Crippen LogP contribution >= 0.6 is 0 Å². The number of ether oxygens (including phenoxy) is 1. The van der Waals surface area contributed by atoms with Crippen molar-refractivity contribution in [3.8, 4) is 5.75 Å². The highest BCUT2D eigenvalue weighted by molar-refractivity contribution is 5.85. The minimum Gasteiger partial charge on any atom is -0.483 e. The van der Waals surface area contributed by atoms with E-state index in [1.54, 1.807) is 6.07 Å². The van der Waals surface area contributed by atoms with Crippen LogP contribution in [0, 0.1) is 0 Å². The van der Waals surface area contributed by atoms with Crippen molar-refractivity contribution in [3.63, 3.8) is 0 Å². The summed E-state index contributed by atoms with van der Waals surface area (Å²) in [6.45, 7) is 2.73. The lowest BCUT2D eigenvalue weighted by atomic mass is 10.2. The van der Waals surface area contributed by atoms with Gasteiger partial charge in [0.25, 0.3) is 11.5 Å². The molecule has 2 rings (SSSR count). The van der Waals surface area contributed by atoms with Crippen LogP contribution in [0.15, 0.2) is 35.1 Å². The number of nitrogens with one attached hydrogen (secondary N) is 2. The van der Waals surface area contributed by atoms with Gasteiger partial charge in [-0.15, -0.1) is 0 Å². The Morgan fingerprint density at radius 3 is 2.86 bits per heavy atom. The van der Waals surface area contributed by atoms with E-state index in [1.807, 2.05) is 18.2 Å². The minimum absolute atomic E-state index is 0.0821. The fourth-order valence-electron chi connectivity index (χ4n) is 2.27. The quantitative estimate of drug-likeness (QED) is 0.736. The van der Waals surface area contributed by atoms with Crippen LogP contribution in [0.1, 0.15) is 32.6 Å². The number of carbonyl (C=O) groups is 1. The molecule has 1 aromatic heterocycles. The van der Waals surface area contributed by atoms with E-state index in [2.05, 4.69) is 17.2 Å². The average Bonchev–Trinajstić information content (AvgIpc) is 2.52. The Labute approximate surface area is 129 Å². The van der Waals surface area contributed by atoms with E-state index in [0.717, 1.165) is 18.2 Å². The maximum atomic E-state index is 11.7. The molecule has 5 heteroatoms. The van der Waals surface area contributed by atoms with Crippen LogP contribution in [0.3, 0.4) is 0 Å². The maximum Gasteiger partial charge on any atom is 0.257 e. The predicted molar refractivity (Wildman–Crippen MR) is 87.2 cm³/mol. The number of unbranched alkanes of at least 4 members (excludes halogenated alkanes) is 3. The fourth-order valence-corrected chi connectivity index (χ4v) is 2.27. The van der Waals surface area contributed by atoms with Gasteiger partial charge in [-0.3, -0.25) is 9.59 Å². The molecule has 0 aliphatic rings. The van der Waals surface area contributed by atoms with Crippen molar-refractivity contribution in [2.24, 2.45) is 0 Å². The molecule has 0 fully saturated rings. The summed E-state index contributed by atoms with van der Waals surface area (Å²) in [6, 6.07) is 8.73. The number of pyridine rings is 1. The van der Waals surface area contributed by atoms with E-state index in [-0.39, 0.29) is 18.1 Å². The molecule has 22 heavy (non-hydrogen) atoms. The third-order valence-electron chi connectivity index (χ3n) is 3.42. The molecule has 0 unspecified atom stereocenters. The van der Waals surface area contributed by atoms with E-state index in [1.165, 1.54) is 18.9 Å². The molecule has 1 amide bonds. The highest BCUT2D eigenvalue weighted by Crippen LogP contribution is 2.21. The van der Waals surface area contributed by atoms with Crippen molar-refractivity contribution in [2.75, 3.05) is 13.2 Å². The summed E-state index contributed by atoms with van der Waals surface area (Å²) in [4.78, 5) is 26.1. The van der Waals surface area contributed by atoms with E-state index < -0.39 is 0 Å². The standard InChI is InChI=1S/C17H22N2O3/c1-2-3-4-7-10-18-17(21)12-22-15-11-16(20)19-14-9-6-5-8-13(14)15/h5-6,8-9,11H,2-4,7,10,12H2,1H3,(H,18,21)(H,19,20). The number of para-hydroxylation sites is 1. The van der Waals surface area contributed by atoms with E-state index in [9.17, 15) is 9.59 Å². The first-order valence-electron chi connectivity index (χ1n) is 7.72. The topological polar surface area (TPSA) is 71.2 Å². The zero-order chi connectivity index (χ0) is 15.8. The lowest BCUT2D eigenvalue weighted by Crippen LogP contribution is -2.29. The van der Waals surface area contributed by atoms with Crippen LogP contribution in [0.5, 0.6) is 5.75 Å². The Bertz CT molecular complexity index is 679. The molecule has 0 bridgehead atoms. The number of aromatic nitrogens is 1. The third kappa shape index (κ3) is 4.62. The smallest absolute Gasteiger partial charge is 0.257 e. The second kappa shape index (κ2) is 8.22. The lowest BCUT2D eigenvalue weighted by molar-refractivity contribution is -0.123. The van der Waals surface area contributed by atoms with Crippen LogP contribution in [0.25, 0.3) is 10.9 Å². The molecular weight excluding hydrogens is 280 g/mol. The molecule has 5 nitrogen and oxygen atoms in total. The minimum atomic E-state index is -0.242. The number of hydrogen-bond donors (Lipinski definition) is 2. The monoisotopic (exact) mass is 302 g/mol. The second-order valence-electron chi connectivity index (χ2n) is 5.24. The molecule has 1 aromatic carbocycles. The second-order valence-corrected chi connectivity index (χ2v) is 5.24. The lowest BCUT2D eigenvalue weighted by Gasteiger charge is -2.09. The Hall–Kier alpha value is -2.30. The average molecular weight is 302 g/mol. The van der Waals surface area contributed by atoms with Crippen molar-refractivity contribution >= 4 is 16.8 Å². The van der Waals surface area contributed by atoms with Gasteiger partial charge in [0.05, 0.1) is 5.52 Å². The Morgan fingerprint density at radius 2 is 2.05 bits per heavy atom. The highest BCUT2D eigenvalue weighted by atomic mass is 16.5. The van der Waals surface area contributed by atoms with Gasteiger partial charge in [-0.1, -0.05) is 38.3 Å². The molecule has 0 atom stereocenters. The molecule has 0 radical (unpaired) electrons. The Kier molecular flexibility index (Phi) is 6.01. The summed E-state index contributed by atoms with van der Waals surface area (Å²) < 4.78 is 5.51. The zero-order valence-corrected chi connectivity index (χ0v) is 12.9. The number of benzene rings is 1. The molecule has 0 aliphatic heterocycles. The molecule has 118 valence electrons. The normalized spacial score (nSPS) is 10.6. The summed E-state index contributed by atoms with van der Waals surface area (Å²) in [7, 11) is 0. The fraction of sp³-hybridized carbons (Fsp3) is 0.412. The van der Waals surface area contributed by atoms with Crippen molar-refractivity contribution in [1.82, 2.24) is 10.3 Å². The van der Waals surface area contributed by atoms with Gasteiger partial charge >= 0.3 is 0 Å². The van der Waals surface area contributed by atoms with Crippen molar-refractivity contribution < 1.29 is 9.53 Å². The maximum absolute atomic E-state index is 11.7. The molecule has 0 aliphatic carbocycles. The Balaban J connectivity index is 1.89. The van der Waals surface area contributed by atoms with Crippen LogP contribution in [0.4, 0.5) is 0 Å². The van der Waals surface area contributed by atoms with Crippen molar-refractivity contribution in [1.29, 1.82) is 0 Å². The van der Waals surface area contributed by atoms with Gasteiger partial charge in [0.2, 0.25) is 0 Å². The van der Waals surface area contributed by atoms with Crippen molar-refractivity contribution in [2.45, 2.75) is 32.6 Å². The van der Waals surface area contributed by atoms with Gasteiger partial charge < -0.3 is 15.0 Å². The molecular formula is C17H22N2O3. The molecule has 1 heterocycles. The number of aromatic amines is 1. The summed E-state index contributed by atoms with van der Waals surface area (Å²) in [5.41, 5.74) is 0.457. The molecule has 2 N–H and O–H groups in total. The van der Waals surface area contributed by atoms with Crippen LogP contribution in [-0.4, -0.2) is 24.0 Å². The number of carbonyl (C=O) groups excluding carboxylic acids is 1. The van der Waals surface area contributed by atoms with Crippen LogP contribution in [0.2, 0.25) is 0 Å². The number of rotatable bonds is 8. The first-order chi connectivity index (χ1) is 10.7. The van der Waals surface area contributed by atoms with Crippen molar-refractivity contribution in [3.05, 3.63) is 40.7 Å². The van der Waals surface area contributed by atoms with Crippen LogP contribution in [-0.2, 0) is 4.79 Å². The summed E-state index contributed by atoms with van der Waals surface area (Å²) in [5.74, 6) is 0.265. The molecule has 0 saturated carbocycles. The Morgan fingerprint density at radius 1 is 1.23 bits per heavy atom. The third-order valence-corrected chi connectivity index (χ3v) is 3.42. The molecule has 0 spiro atoms. The number of fused-ring (bicyclic) bond motifs is 1. The zero-order valence-electron chi connectivity index (χ0n) is 12.9. The van der Waals surface area contributed by atoms with E-state index in [0.29, 0.717) is 17.8 Å². The molecule has 2 aromatic rings. The SMILES string of the molecule is CCCCCCNC(=O)COc1cc(=O)[nH]c2ccccc12. The largest absolute Gasteiger partial charge is 0.483 e. The van der Waals surface area contributed by atoms with Gasteiger partial charge in [-0.2, -0.15) is 0 Å². The number of hydrogen-bond acceptors (Lipinski definition) is 3. The van der Waals surface area contributed by atoms with Gasteiger partial charge in [0, 0.05) is 18.0 Å². The van der Waals surface area contributed by atoms with Gasteiger partial charge in [-0.25, -0.2) is 0 Å². The summed E-state index contributed by atoms with van der Waals surface area (Å²) in [5, 5.41) is 3.61. The first kappa shape index (κ1) is 16.1. The highest BCUT2D eigenvalue weighted by Gasteiger charge is 2.07. The van der Waals surface area contributed by atoms with Gasteiger partial charge in [0.15, 0.2) is 6.61 Å². The van der Waals surface area contributed by atoms with E-state index >= 15 is 0 Å². The van der Waals surface area contributed by atoms with Gasteiger partial charge in [-0.05, 0) is 18.6 Å². The van der Waals surface area contributed by atoms with E-state index in [4.69, 9.17) is 4.74 Å². The summed E-state index contributed by atoms with van der Waals surface area (Å²) >= 11 is 0. The summed E-state index contributed by atoms with van der Waals surface area (Å²) in [6.07, 6.45) is 4.46. The number of H-pyrrole nitrogens is 1. The van der Waals surface area contributed by atoms with Crippen LogP contribution < -0.4 is 15.6 Å². The predicted octanol–water partition coefficient (Wildman–Crippen LogP) is 2.60. The number of amides is 1.